The van der Waals surface area contributed by atoms with Gasteiger partial charge in [-0.15, -0.1) is 0 Å². The largest absolute Gasteiger partial charge is 0.507 e. The van der Waals surface area contributed by atoms with Crippen LogP contribution < -0.4 is 9.47 Å². The summed E-state index contributed by atoms with van der Waals surface area (Å²) in [7, 11) is 5.39. The lowest BCUT2D eigenvalue weighted by molar-refractivity contribution is -0.140. The van der Waals surface area contributed by atoms with Crippen LogP contribution >= 0.6 is 0 Å². The maximum absolute atomic E-state index is 13.1. The first-order valence-corrected chi connectivity index (χ1v) is 11.1. The molecule has 0 spiro atoms. The van der Waals surface area contributed by atoms with Crippen molar-refractivity contribution in [3.63, 3.8) is 0 Å². The molecule has 1 unspecified atom stereocenters. The minimum atomic E-state index is -0.688. The SMILES string of the molecule is CCCOc1ccc(C2C(=C(O)c3ccc(OC)cc3C)C(=O)C(=O)N2CCN(C)C)cc1. The van der Waals surface area contributed by atoms with Gasteiger partial charge in [0.1, 0.15) is 17.3 Å². The van der Waals surface area contributed by atoms with Crippen LogP contribution in [-0.4, -0.2) is 67.5 Å². The van der Waals surface area contributed by atoms with Crippen molar-refractivity contribution < 1.29 is 24.2 Å². The van der Waals surface area contributed by atoms with Crippen LogP contribution in [0.25, 0.3) is 5.76 Å². The molecule has 0 bridgehead atoms. The number of likely N-dealkylation sites (N-methyl/N-ethyl adjacent to an activating group) is 1. The average molecular weight is 453 g/mol. The average Bonchev–Trinajstić information content (AvgIpc) is 3.06. The fourth-order valence-corrected chi connectivity index (χ4v) is 3.91. The highest BCUT2D eigenvalue weighted by atomic mass is 16.5. The number of likely N-dealkylation sites (tertiary alicyclic amines) is 1. The first-order chi connectivity index (χ1) is 15.8. The van der Waals surface area contributed by atoms with Crippen LogP contribution in [0.2, 0.25) is 0 Å². The van der Waals surface area contributed by atoms with E-state index in [4.69, 9.17) is 9.47 Å². The molecule has 1 N–H and O–H groups in total. The highest BCUT2D eigenvalue weighted by Crippen LogP contribution is 2.40. The van der Waals surface area contributed by atoms with Crippen LogP contribution in [0.1, 0.15) is 36.1 Å². The smallest absolute Gasteiger partial charge is 0.295 e. The number of rotatable bonds is 9. The van der Waals surface area contributed by atoms with Crippen LogP contribution in [0.5, 0.6) is 11.5 Å². The predicted molar refractivity (Wildman–Crippen MR) is 128 cm³/mol. The lowest BCUT2D eigenvalue weighted by Gasteiger charge is -2.26. The Balaban J connectivity index is 2.10. The van der Waals surface area contributed by atoms with Crippen molar-refractivity contribution in [3.8, 4) is 11.5 Å². The molecule has 2 aromatic rings. The number of aliphatic hydroxyl groups is 1. The van der Waals surface area contributed by atoms with Gasteiger partial charge >= 0.3 is 0 Å². The van der Waals surface area contributed by atoms with E-state index < -0.39 is 17.7 Å². The number of amides is 1. The Hall–Kier alpha value is -3.32. The van der Waals surface area contributed by atoms with Crippen LogP contribution in [-0.2, 0) is 9.59 Å². The van der Waals surface area contributed by atoms with Gasteiger partial charge in [-0.25, -0.2) is 0 Å². The van der Waals surface area contributed by atoms with Gasteiger partial charge in [0, 0.05) is 18.7 Å². The zero-order valence-corrected chi connectivity index (χ0v) is 19.9. The lowest BCUT2D eigenvalue weighted by atomic mass is 9.94. The van der Waals surface area contributed by atoms with E-state index in [9.17, 15) is 14.7 Å². The molecule has 1 amide bonds. The molecule has 3 rings (SSSR count). The van der Waals surface area contributed by atoms with Crippen LogP contribution in [0, 0.1) is 6.92 Å². The molecule has 2 aromatic carbocycles. The number of nitrogens with zero attached hydrogens (tertiary/aromatic N) is 2. The Morgan fingerprint density at radius 1 is 1.09 bits per heavy atom. The second-order valence-corrected chi connectivity index (χ2v) is 8.39. The van der Waals surface area contributed by atoms with E-state index in [0.717, 1.165) is 23.3 Å². The van der Waals surface area contributed by atoms with Gasteiger partial charge in [-0.05, 0) is 68.9 Å². The number of ether oxygens (including phenoxy) is 2. The third kappa shape index (κ3) is 5.20. The van der Waals surface area contributed by atoms with Gasteiger partial charge in [0.15, 0.2) is 0 Å². The minimum absolute atomic E-state index is 0.0919. The van der Waals surface area contributed by atoms with E-state index in [0.29, 0.717) is 31.0 Å². The second kappa shape index (κ2) is 10.5. The van der Waals surface area contributed by atoms with Crippen molar-refractivity contribution in [3.05, 3.63) is 64.7 Å². The first kappa shape index (κ1) is 24.3. The Kier molecular flexibility index (Phi) is 7.76. The number of methoxy groups -OCH3 is 1. The van der Waals surface area contributed by atoms with Gasteiger partial charge in [0.05, 0.1) is 25.3 Å². The Labute approximate surface area is 195 Å². The van der Waals surface area contributed by atoms with E-state index in [2.05, 4.69) is 0 Å². The van der Waals surface area contributed by atoms with Gasteiger partial charge in [0.2, 0.25) is 0 Å². The standard InChI is InChI=1S/C26H32N2O5/c1-6-15-33-19-9-7-18(8-10-19)23-22(25(30)26(31)28(23)14-13-27(3)4)24(29)21-12-11-20(32-5)16-17(21)2/h7-12,16,23,29H,6,13-15H2,1-5H3. The first-order valence-electron chi connectivity index (χ1n) is 11.1. The number of Topliss-reactive ketones (excluding diaryl/α,β-unsaturated/α-hetero) is 1. The number of hydrogen-bond donors (Lipinski definition) is 1. The second-order valence-electron chi connectivity index (χ2n) is 8.39. The minimum Gasteiger partial charge on any atom is -0.507 e. The number of aliphatic hydroxyl groups excluding tert-OH is 1. The lowest BCUT2D eigenvalue weighted by Crippen LogP contribution is -2.35. The highest BCUT2D eigenvalue weighted by Gasteiger charge is 2.46. The van der Waals surface area contributed by atoms with Gasteiger partial charge in [-0.3, -0.25) is 9.59 Å². The predicted octanol–water partition coefficient (Wildman–Crippen LogP) is 3.78. The number of ketones is 1. The van der Waals surface area contributed by atoms with Crippen molar-refractivity contribution in [2.24, 2.45) is 0 Å². The Morgan fingerprint density at radius 2 is 1.76 bits per heavy atom. The van der Waals surface area contributed by atoms with Crippen molar-refractivity contribution in [2.45, 2.75) is 26.3 Å². The van der Waals surface area contributed by atoms with E-state index in [-0.39, 0.29) is 11.3 Å². The highest BCUT2D eigenvalue weighted by molar-refractivity contribution is 6.46. The van der Waals surface area contributed by atoms with Gasteiger partial charge in [-0.1, -0.05) is 19.1 Å². The molecule has 7 heteroatoms. The van der Waals surface area contributed by atoms with Gasteiger partial charge in [0.25, 0.3) is 11.7 Å². The molecule has 1 saturated heterocycles. The van der Waals surface area contributed by atoms with Crippen molar-refractivity contribution in [1.82, 2.24) is 9.80 Å². The van der Waals surface area contributed by atoms with Crippen molar-refractivity contribution in [1.29, 1.82) is 0 Å². The molecular formula is C26H32N2O5. The maximum Gasteiger partial charge on any atom is 0.295 e. The fourth-order valence-electron chi connectivity index (χ4n) is 3.91. The molecule has 1 aliphatic rings. The molecule has 1 heterocycles. The Bertz CT molecular complexity index is 1040. The molecule has 0 aromatic heterocycles. The number of hydrogen-bond acceptors (Lipinski definition) is 6. The van der Waals surface area contributed by atoms with E-state index in [1.165, 1.54) is 4.90 Å². The van der Waals surface area contributed by atoms with E-state index in [1.54, 1.807) is 25.3 Å². The van der Waals surface area contributed by atoms with Crippen LogP contribution in [0.3, 0.4) is 0 Å². The third-order valence-corrected chi connectivity index (χ3v) is 5.69. The quantitative estimate of drug-likeness (QED) is 0.354. The monoisotopic (exact) mass is 452 g/mol. The summed E-state index contributed by atoms with van der Waals surface area (Å²) in [5.41, 5.74) is 2.07. The fraction of sp³-hybridized carbons (Fsp3) is 0.385. The molecule has 33 heavy (non-hydrogen) atoms. The summed E-state index contributed by atoms with van der Waals surface area (Å²) in [6, 6.07) is 11.9. The summed E-state index contributed by atoms with van der Waals surface area (Å²) in [6.45, 7) is 5.41. The normalized spacial score (nSPS) is 17.6. The number of benzene rings is 2. The third-order valence-electron chi connectivity index (χ3n) is 5.69. The van der Waals surface area contributed by atoms with Gasteiger partial charge < -0.3 is 24.4 Å². The van der Waals surface area contributed by atoms with E-state index in [1.807, 2.05) is 57.1 Å². The van der Waals surface area contributed by atoms with Crippen LogP contribution in [0.4, 0.5) is 0 Å². The van der Waals surface area contributed by atoms with Crippen molar-refractivity contribution in [2.75, 3.05) is 40.9 Å². The molecule has 0 saturated carbocycles. The molecule has 1 aliphatic heterocycles. The molecule has 176 valence electrons. The Morgan fingerprint density at radius 3 is 2.33 bits per heavy atom. The summed E-state index contributed by atoms with van der Waals surface area (Å²) in [5, 5.41) is 11.3. The number of carbonyl (C=O) groups excluding carboxylic acids is 2. The summed E-state index contributed by atoms with van der Waals surface area (Å²) in [5.74, 6) is -0.109. The van der Waals surface area contributed by atoms with Crippen LogP contribution in [0.15, 0.2) is 48.0 Å². The molecule has 0 aliphatic carbocycles. The zero-order chi connectivity index (χ0) is 24.1. The van der Waals surface area contributed by atoms with Crippen molar-refractivity contribution >= 4 is 17.4 Å². The molecule has 0 radical (unpaired) electrons. The number of aryl methyl sites for hydroxylation is 1. The molecule has 1 fully saturated rings. The summed E-state index contributed by atoms with van der Waals surface area (Å²) in [6.07, 6.45) is 0.896. The topological polar surface area (TPSA) is 79.3 Å². The van der Waals surface area contributed by atoms with Gasteiger partial charge in [-0.2, -0.15) is 0 Å². The van der Waals surface area contributed by atoms with E-state index >= 15 is 0 Å². The molecular weight excluding hydrogens is 420 g/mol. The maximum atomic E-state index is 13.1. The number of carbonyl (C=O) groups is 2. The zero-order valence-electron chi connectivity index (χ0n) is 19.9. The molecule has 1 atom stereocenters. The summed E-state index contributed by atoms with van der Waals surface area (Å²) >= 11 is 0. The molecule has 7 nitrogen and oxygen atoms in total. The summed E-state index contributed by atoms with van der Waals surface area (Å²) < 4.78 is 10.9. The summed E-state index contributed by atoms with van der Waals surface area (Å²) in [4.78, 5) is 29.6.